The van der Waals surface area contributed by atoms with E-state index >= 15 is 0 Å². The zero-order valence-corrected chi connectivity index (χ0v) is 11.6. The molecule has 0 radical (unpaired) electrons. The summed E-state index contributed by atoms with van der Waals surface area (Å²) in [6.45, 7) is 2.08. The van der Waals surface area contributed by atoms with Gasteiger partial charge in [0, 0.05) is 5.56 Å². The highest BCUT2D eigenvalue weighted by atomic mass is 19.1. The summed E-state index contributed by atoms with van der Waals surface area (Å²) in [5.41, 5.74) is 7.71. The lowest BCUT2D eigenvalue weighted by Crippen LogP contribution is -2.13. The number of hydrogen-bond donors (Lipinski definition) is 2. The molecule has 106 valence electrons. The lowest BCUT2D eigenvalue weighted by atomic mass is 10.1. The largest absolute Gasteiger partial charge is 0.321 e. The smallest absolute Gasteiger partial charge is 0.255 e. The molecule has 21 heavy (non-hydrogen) atoms. The van der Waals surface area contributed by atoms with Gasteiger partial charge in [0.1, 0.15) is 5.82 Å². The van der Waals surface area contributed by atoms with E-state index in [1.54, 1.807) is 12.1 Å². The average molecular weight is 282 g/mol. The lowest BCUT2D eigenvalue weighted by molar-refractivity contribution is 0.102. The van der Waals surface area contributed by atoms with E-state index in [-0.39, 0.29) is 12.5 Å². The van der Waals surface area contributed by atoms with Crippen LogP contribution in [0.4, 0.5) is 10.1 Å². The zero-order chi connectivity index (χ0) is 15.2. The molecule has 4 heteroatoms. The molecule has 0 aromatic heterocycles. The molecule has 0 aliphatic heterocycles. The van der Waals surface area contributed by atoms with Crippen LogP contribution in [0.3, 0.4) is 0 Å². The van der Waals surface area contributed by atoms with E-state index in [1.165, 1.54) is 18.2 Å². The Morgan fingerprint density at radius 1 is 1.29 bits per heavy atom. The molecule has 0 heterocycles. The van der Waals surface area contributed by atoms with Crippen LogP contribution in [-0.4, -0.2) is 12.5 Å². The van der Waals surface area contributed by atoms with E-state index < -0.39 is 5.82 Å². The number of benzene rings is 2. The van der Waals surface area contributed by atoms with Gasteiger partial charge in [-0.1, -0.05) is 29.5 Å². The van der Waals surface area contributed by atoms with Gasteiger partial charge in [-0.15, -0.1) is 0 Å². The molecule has 0 unspecified atom stereocenters. The second-order valence-electron chi connectivity index (χ2n) is 4.52. The molecular formula is C17H15FN2O. The SMILES string of the molecule is Cc1cccc(C(=O)Nc2ccc(F)cc2C#CCN)c1. The normalized spacial score (nSPS) is 9.67. The number of rotatable bonds is 2. The third-order valence-electron chi connectivity index (χ3n) is 2.84. The first-order valence-electron chi connectivity index (χ1n) is 6.46. The predicted octanol–water partition coefficient (Wildman–Crippen LogP) is 2.70. The Hall–Kier alpha value is -2.64. The van der Waals surface area contributed by atoms with Crippen LogP contribution in [0.25, 0.3) is 0 Å². The molecule has 0 bridgehead atoms. The topological polar surface area (TPSA) is 55.1 Å². The van der Waals surface area contributed by atoms with Gasteiger partial charge in [-0.25, -0.2) is 4.39 Å². The van der Waals surface area contributed by atoms with Crippen molar-refractivity contribution < 1.29 is 9.18 Å². The van der Waals surface area contributed by atoms with Crippen molar-refractivity contribution in [3.63, 3.8) is 0 Å². The van der Waals surface area contributed by atoms with Gasteiger partial charge in [-0.3, -0.25) is 4.79 Å². The number of carbonyl (C=O) groups excluding carboxylic acids is 1. The van der Waals surface area contributed by atoms with Crippen LogP contribution in [0.15, 0.2) is 42.5 Å². The Kier molecular flexibility index (Phi) is 4.70. The summed E-state index contributed by atoms with van der Waals surface area (Å²) >= 11 is 0. The molecular weight excluding hydrogens is 267 g/mol. The van der Waals surface area contributed by atoms with Gasteiger partial charge in [-0.05, 0) is 37.3 Å². The van der Waals surface area contributed by atoms with Crippen molar-refractivity contribution >= 4 is 11.6 Å². The quantitative estimate of drug-likeness (QED) is 0.832. The monoisotopic (exact) mass is 282 g/mol. The Labute approximate surface area is 123 Å². The van der Waals surface area contributed by atoms with Gasteiger partial charge < -0.3 is 11.1 Å². The number of hydrogen-bond acceptors (Lipinski definition) is 2. The first-order valence-corrected chi connectivity index (χ1v) is 6.46. The third kappa shape index (κ3) is 3.91. The van der Waals surface area contributed by atoms with Crippen molar-refractivity contribution in [1.29, 1.82) is 0 Å². The number of amides is 1. The van der Waals surface area contributed by atoms with Crippen molar-refractivity contribution in [1.82, 2.24) is 0 Å². The van der Waals surface area contributed by atoms with Crippen molar-refractivity contribution in [3.05, 3.63) is 65.0 Å². The molecule has 3 N–H and O–H groups in total. The molecule has 1 amide bonds. The molecule has 0 aliphatic carbocycles. The van der Waals surface area contributed by atoms with Gasteiger partial charge in [0.25, 0.3) is 5.91 Å². The van der Waals surface area contributed by atoms with Crippen molar-refractivity contribution in [2.75, 3.05) is 11.9 Å². The Morgan fingerprint density at radius 2 is 2.10 bits per heavy atom. The van der Waals surface area contributed by atoms with Gasteiger partial charge in [0.05, 0.1) is 17.8 Å². The van der Waals surface area contributed by atoms with Crippen molar-refractivity contribution in [2.24, 2.45) is 5.73 Å². The van der Waals surface area contributed by atoms with Gasteiger partial charge in [-0.2, -0.15) is 0 Å². The maximum absolute atomic E-state index is 13.3. The van der Waals surface area contributed by atoms with Crippen molar-refractivity contribution in [2.45, 2.75) is 6.92 Å². The highest BCUT2D eigenvalue weighted by molar-refractivity contribution is 6.05. The maximum Gasteiger partial charge on any atom is 0.255 e. The zero-order valence-electron chi connectivity index (χ0n) is 11.6. The average Bonchev–Trinajstić information content (AvgIpc) is 2.47. The molecule has 2 rings (SSSR count). The molecule has 0 saturated carbocycles. The van der Waals surface area contributed by atoms with Crippen LogP contribution in [-0.2, 0) is 0 Å². The molecule has 0 fully saturated rings. The van der Waals surface area contributed by atoms with E-state index in [4.69, 9.17) is 5.73 Å². The van der Waals surface area contributed by atoms with Gasteiger partial charge >= 0.3 is 0 Å². The van der Waals surface area contributed by atoms with E-state index in [9.17, 15) is 9.18 Å². The van der Waals surface area contributed by atoms with Crippen LogP contribution in [0.2, 0.25) is 0 Å². The van der Waals surface area contributed by atoms with Crippen molar-refractivity contribution in [3.8, 4) is 11.8 Å². The molecule has 2 aromatic carbocycles. The summed E-state index contributed by atoms with van der Waals surface area (Å²) in [5, 5.41) is 2.74. The Bertz CT molecular complexity index is 729. The molecule has 0 atom stereocenters. The fourth-order valence-electron chi connectivity index (χ4n) is 1.86. The number of carbonyl (C=O) groups is 1. The summed E-state index contributed by atoms with van der Waals surface area (Å²) in [6, 6.07) is 11.3. The number of nitrogens with one attached hydrogen (secondary N) is 1. The summed E-state index contributed by atoms with van der Waals surface area (Å²) in [5.74, 6) is 4.73. The third-order valence-corrected chi connectivity index (χ3v) is 2.84. The molecule has 2 aromatic rings. The number of halogens is 1. The highest BCUT2D eigenvalue weighted by Crippen LogP contribution is 2.17. The Balaban J connectivity index is 2.29. The first-order chi connectivity index (χ1) is 10.1. The number of anilines is 1. The Morgan fingerprint density at radius 3 is 2.81 bits per heavy atom. The summed E-state index contributed by atoms with van der Waals surface area (Å²) < 4.78 is 13.3. The minimum Gasteiger partial charge on any atom is -0.321 e. The van der Waals surface area contributed by atoms with Gasteiger partial charge in [0.15, 0.2) is 0 Å². The fraction of sp³-hybridized carbons (Fsp3) is 0.118. The molecule has 3 nitrogen and oxygen atoms in total. The standard InChI is InChI=1S/C17H15FN2O/c1-12-4-2-5-14(10-12)17(21)20-16-8-7-15(18)11-13(16)6-3-9-19/h2,4-5,7-8,10-11H,9,19H2,1H3,(H,20,21). The second-order valence-corrected chi connectivity index (χ2v) is 4.52. The fourth-order valence-corrected chi connectivity index (χ4v) is 1.86. The van der Waals surface area contributed by atoms with E-state index in [1.807, 2.05) is 19.1 Å². The molecule has 0 aliphatic rings. The minimum absolute atomic E-state index is 0.168. The van der Waals surface area contributed by atoms with E-state index in [0.717, 1.165) is 5.56 Å². The molecule has 0 saturated heterocycles. The van der Waals surface area contributed by atoms with Gasteiger partial charge in [0.2, 0.25) is 0 Å². The van der Waals surface area contributed by atoms with Crippen LogP contribution in [0, 0.1) is 24.6 Å². The molecule has 0 spiro atoms. The maximum atomic E-state index is 13.3. The number of nitrogens with two attached hydrogens (primary N) is 1. The van der Waals surface area contributed by atoms with E-state index in [2.05, 4.69) is 17.2 Å². The van der Waals surface area contributed by atoms with Crippen LogP contribution >= 0.6 is 0 Å². The highest BCUT2D eigenvalue weighted by Gasteiger charge is 2.09. The van der Waals surface area contributed by atoms with E-state index in [0.29, 0.717) is 16.8 Å². The minimum atomic E-state index is -0.412. The number of aryl methyl sites for hydroxylation is 1. The summed E-state index contributed by atoms with van der Waals surface area (Å²) in [6.07, 6.45) is 0. The first kappa shape index (κ1) is 14.8. The lowest BCUT2D eigenvalue weighted by Gasteiger charge is -2.08. The predicted molar refractivity (Wildman–Crippen MR) is 81.5 cm³/mol. The van der Waals surface area contributed by atoms with Crippen LogP contribution in [0.1, 0.15) is 21.5 Å². The summed E-state index contributed by atoms with van der Waals surface area (Å²) in [7, 11) is 0. The second kappa shape index (κ2) is 6.69. The van der Waals surface area contributed by atoms with Crippen LogP contribution < -0.4 is 11.1 Å². The van der Waals surface area contributed by atoms with Crippen LogP contribution in [0.5, 0.6) is 0 Å². The summed E-state index contributed by atoms with van der Waals surface area (Å²) in [4.78, 5) is 12.2.